The van der Waals surface area contributed by atoms with Crippen LogP contribution >= 0.6 is 35.7 Å². The summed E-state index contributed by atoms with van der Waals surface area (Å²) < 4.78 is 10.4. The van der Waals surface area contributed by atoms with Gasteiger partial charge >= 0.3 is 0 Å². The van der Waals surface area contributed by atoms with E-state index in [0.29, 0.717) is 24.0 Å². The molecule has 0 heterocycles. The zero-order valence-electron chi connectivity index (χ0n) is 12.3. The zero-order chi connectivity index (χ0) is 14.8. The van der Waals surface area contributed by atoms with Crippen LogP contribution in [-0.2, 0) is 0 Å². The van der Waals surface area contributed by atoms with Crippen molar-refractivity contribution in [2.45, 2.75) is 0 Å². The summed E-state index contributed by atoms with van der Waals surface area (Å²) in [7, 11) is 3.19. The summed E-state index contributed by atoms with van der Waals surface area (Å²) in [4.78, 5) is 4.25. The Morgan fingerprint density at radius 1 is 1.38 bits per heavy atom. The molecule has 0 aromatic heterocycles. The van der Waals surface area contributed by atoms with Gasteiger partial charge in [0.15, 0.2) is 17.5 Å². The van der Waals surface area contributed by atoms with E-state index in [1.54, 1.807) is 26.0 Å². The molecule has 3 N–H and O–H groups in total. The number of halogens is 1. The van der Waals surface area contributed by atoms with Crippen molar-refractivity contribution < 1.29 is 9.47 Å². The first-order valence-corrected chi connectivity index (χ1v) is 7.34. The van der Waals surface area contributed by atoms with Gasteiger partial charge in [0.05, 0.1) is 20.8 Å². The van der Waals surface area contributed by atoms with Gasteiger partial charge in [0.1, 0.15) is 0 Å². The number of benzene rings is 1. The highest BCUT2D eigenvalue weighted by molar-refractivity contribution is 14.0. The van der Waals surface area contributed by atoms with Crippen LogP contribution in [0.5, 0.6) is 11.5 Å². The highest BCUT2D eigenvalue weighted by Gasteiger charge is 2.04. The maximum Gasteiger partial charge on any atom is 0.193 e. The minimum absolute atomic E-state index is 0. The number of guanidine groups is 1. The minimum Gasteiger partial charge on any atom is -0.493 e. The third-order valence-electron chi connectivity index (χ3n) is 2.41. The Morgan fingerprint density at radius 3 is 2.71 bits per heavy atom. The normalized spacial score (nSPS) is 10.5. The van der Waals surface area contributed by atoms with Crippen molar-refractivity contribution >= 4 is 47.4 Å². The highest BCUT2D eigenvalue weighted by Crippen LogP contribution is 2.29. The monoisotopic (exact) mass is 423 g/mol. The van der Waals surface area contributed by atoms with Gasteiger partial charge in [-0.05, 0) is 12.1 Å². The predicted octanol–water partition coefficient (Wildman–Crippen LogP) is 2.97. The first-order valence-electron chi connectivity index (χ1n) is 6.19. The quantitative estimate of drug-likeness (QED) is 0.221. The van der Waals surface area contributed by atoms with Crippen LogP contribution in [0, 0.1) is 0 Å². The first kappa shape index (κ1) is 19.9. The third-order valence-corrected chi connectivity index (χ3v) is 3.35. The van der Waals surface area contributed by atoms with Crippen molar-refractivity contribution in [2.75, 3.05) is 37.6 Å². The molecule has 0 atom stereocenters. The zero-order valence-corrected chi connectivity index (χ0v) is 15.4. The molecular formula is C14H22IN3O2S. The molecule has 0 saturated heterocycles. The second-order valence-electron chi connectivity index (χ2n) is 3.83. The number of ether oxygens (including phenoxy) is 2. The Labute approximate surface area is 147 Å². The van der Waals surface area contributed by atoms with Gasteiger partial charge in [0.25, 0.3) is 0 Å². The summed E-state index contributed by atoms with van der Waals surface area (Å²) >= 11 is 1.77. The number of hydrogen-bond acceptors (Lipinski definition) is 4. The molecule has 0 fully saturated rings. The molecule has 5 nitrogen and oxygen atoms in total. The molecule has 0 unspecified atom stereocenters. The number of methoxy groups -OCH3 is 2. The molecule has 0 saturated carbocycles. The number of rotatable bonds is 8. The van der Waals surface area contributed by atoms with E-state index in [-0.39, 0.29) is 24.0 Å². The number of nitrogens with zero attached hydrogens (tertiary/aromatic N) is 1. The van der Waals surface area contributed by atoms with Crippen LogP contribution in [0.25, 0.3) is 0 Å². The van der Waals surface area contributed by atoms with Gasteiger partial charge in [0, 0.05) is 23.3 Å². The van der Waals surface area contributed by atoms with Crippen LogP contribution in [0.3, 0.4) is 0 Å². The molecule has 0 radical (unpaired) electrons. The van der Waals surface area contributed by atoms with Gasteiger partial charge in [-0.2, -0.15) is 11.8 Å². The molecule has 0 aliphatic carbocycles. The third kappa shape index (κ3) is 7.47. The van der Waals surface area contributed by atoms with Crippen molar-refractivity contribution in [3.05, 3.63) is 30.9 Å². The predicted molar refractivity (Wildman–Crippen MR) is 103 cm³/mol. The van der Waals surface area contributed by atoms with E-state index >= 15 is 0 Å². The largest absolute Gasteiger partial charge is 0.493 e. The summed E-state index contributed by atoms with van der Waals surface area (Å²) in [5.74, 6) is 3.55. The van der Waals surface area contributed by atoms with Crippen LogP contribution in [0.4, 0.5) is 5.69 Å². The molecule has 0 spiro atoms. The Kier molecular flexibility index (Phi) is 11.0. The summed E-state index contributed by atoms with van der Waals surface area (Å²) in [6, 6.07) is 5.48. The number of hydrogen-bond donors (Lipinski definition) is 2. The highest BCUT2D eigenvalue weighted by atomic mass is 127. The van der Waals surface area contributed by atoms with Gasteiger partial charge in [-0.3, -0.25) is 4.99 Å². The average Bonchev–Trinajstić information content (AvgIpc) is 2.46. The Balaban J connectivity index is 0.00000400. The molecule has 1 aromatic carbocycles. The van der Waals surface area contributed by atoms with Gasteiger partial charge < -0.3 is 20.5 Å². The van der Waals surface area contributed by atoms with E-state index in [9.17, 15) is 0 Å². The molecule has 0 aliphatic heterocycles. The molecule has 0 aliphatic rings. The van der Waals surface area contributed by atoms with Crippen molar-refractivity contribution in [3.63, 3.8) is 0 Å². The second kappa shape index (κ2) is 11.6. The SMILES string of the molecule is C=CCSCCN=C(N)Nc1ccc(OC)c(OC)c1.I. The van der Waals surface area contributed by atoms with Crippen molar-refractivity contribution in [1.82, 2.24) is 0 Å². The Bertz CT molecular complexity index is 470. The van der Waals surface area contributed by atoms with Crippen LogP contribution in [0.1, 0.15) is 0 Å². The lowest BCUT2D eigenvalue weighted by molar-refractivity contribution is 0.355. The lowest BCUT2D eigenvalue weighted by Gasteiger charge is -2.10. The van der Waals surface area contributed by atoms with E-state index in [4.69, 9.17) is 15.2 Å². The number of aliphatic imine (C=N–C) groups is 1. The summed E-state index contributed by atoms with van der Waals surface area (Å²) in [5.41, 5.74) is 6.63. The fraction of sp³-hybridized carbons (Fsp3) is 0.357. The molecule has 0 bridgehead atoms. The maximum absolute atomic E-state index is 5.82. The van der Waals surface area contributed by atoms with E-state index in [1.807, 2.05) is 24.3 Å². The number of nitrogens with one attached hydrogen (secondary N) is 1. The lowest BCUT2D eigenvalue weighted by Crippen LogP contribution is -2.23. The van der Waals surface area contributed by atoms with Crippen LogP contribution in [0.15, 0.2) is 35.8 Å². The summed E-state index contributed by atoms with van der Waals surface area (Å²) in [5, 5.41) is 3.02. The van der Waals surface area contributed by atoms with Gasteiger partial charge in [-0.15, -0.1) is 30.6 Å². The van der Waals surface area contributed by atoms with Gasteiger partial charge in [-0.1, -0.05) is 6.08 Å². The van der Waals surface area contributed by atoms with E-state index in [2.05, 4.69) is 16.9 Å². The molecule has 21 heavy (non-hydrogen) atoms. The summed E-state index contributed by atoms with van der Waals surface area (Å²) in [6.45, 7) is 4.34. The molecule has 1 aromatic rings. The number of thioether (sulfide) groups is 1. The number of anilines is 1. The van der Waals surface area contributed by atoms with Gasteiger partial charge in [0.2, 0.25) is 0 Å². The fourth-order valence-electron chi connectivity index (χ4n) is 1.50. The van der Waals surface area contributed by atoms with Crippen LogP contribution in [-0.4, -0.2) is 38.2 Å². The topological polar surface area (TPSA) is 68.9 Å². The fourth-order valence-corrected chi connectivity index (χ4v) is 2.05. The van der Waals surface area contributed by atoms with Crippen LogP contribution < -0.4 is 20.5 Å². The van der Waals surface area contributed by atoms with Gasteiger partial charge in [-0.25, -0.2) is 0 Å². The second-order valence-corrected chi connectivity index (χ2v) is 4.98. The maximum atomic E-state index is 5.82. The van der Waals surface area contributed by atoms with Crippen LogP contribution in [0.2, 0.25) is 0 Å². The van der Waals surface area contributed by atoms with Crippen molar-refractivity contribution in [2.24, 2.45) is 10.7 Å². The Hall–Kier alpha value is -1.09. The van der Waals surface area contributed by atoms with E-state index in [0.717, 1.165) is 17.2 Å². The summed E-state index contributed by atoms with van der Waals surface area (Å²) in [6.07, 6.45) is 1.87. The molecule has 0 amide bonds. The molecule has 118 valence electrons. The smallest absolute Gasteiger partial charge is 0.193 e. The minimum atomic E-state index is 0. The molecule has 7 heteroatoms. The molecule has 1 rings (SSSR count). The van der Waals surface area contributed by atoms with E-state index in [1.165, 1.54) is 0 Å². The lowest BCUT2D eigenvalue weighted by atomic mass is 10.3. The molecular weight excluding hydrogens is 401 g/mol. The standard InChI is InChI=1S/C14H21N3O2S.HI/c1-4-8-20-9-7-16-14(15)17-11-5-6-12(18-2)13(10-11)19-3;/h4-6,10H,1,7-9H2,2-3H3,(H3,15,16,17);1H. The van der Waals surface area contributed by atoms with E-state index < -0.39 is 0 Å². The average molecular weight is 423 g/mol. The van der Waals surface area contributed by atoms with Crippen molar-refractivity contribution in [3.8, 4) is 11.5 Å². The first-order chi connectivity index (χ1) is 9.71. The Morgan fingerprint density at radius 2 is 2.10 bits per heavy atom. The van der Waals surface area contributed by atoms with Crippen molar-refractivity contribution in [1.29, 1.82) is 0 Å². The number of nitrogens with two attached hydrogens (primary N) is 1.